The van der Waals surface area contributed by atoms with E-state index in [1.165, 1.54) is 0 Å². The Morgan fingerprint density at radius 3 is 2.65 bits per heavy atom. The van der Waals surface area contributed by atoms with Crippen LogP contribution in [0.1, 0.15) is 35.7 Å². The Labute approximate surface area is 121 Å². The lowest BCUT2D eigenvalue weighted by Crippen LogP contribution is -2.40. The van der Waals surface area contributed by atoms with Gasteiger partial charge in [-0.1, -0.05) is 0 Å². The number of rotatable bonds is 4. The van der Waals surface area contributed by atoms with Crippen LogP contribution in [-0.2, 0) is 4.74 Å². The molecule has 0 unspecified atom stereocenters. The van der Waals surface area contributed by atoms with Gasteiger partial charge in [0.05, 0.1) is 6.10 Å². The highest BCUT2D eigenvalue weighted by molar-refractivity contribution is 5.95. The minimum absolute atomic E-state index is 0.130. The molecule has 1 aliphatic rings. The van der Waals surface area contributed by atoms with Gasteiger partial charge in [-0.15, -0.1) is 0 Å². The SMILES string of the molecule is CCOC1CCN(C(=O)c2ccc(NC)c(C)c2)CC1. The lowest BCUT2D eigenvalue weighted by molar-refractivity contribution is 0.0146. The lowest BCUT2D eigenvalue weighted by atomic mass is 10.0. The third-order valence-electron chi connectivity index (χ3n) is 3.87. The molecule has 1 amide bonds. The largest absolute Gasteiger partial charge is 0.388 e. The molecule has 0 saturated carbocycles. The second kappa shape index (κ2) is 6.75. The van der Waals surface area contributed by atoms with Gasteiger partial charge in [0.15, 0.2) is 0 Å². The summed E-state index contributed by atoms with van der Waals surface area (Å²) in [5.74, 6) is 0.130. The molecule has 0 atom stereocenters. The van der Waals surface area contributed by atoms with E-state index in [-0.39, 0.29) is 5.91 Å². The van der Waals surface area contributed by atoms with E-state index in [4.69, 9.17) is 4.74 Å². The summed E-state index contributed by atoms with van der Waals surface area (Å²) in [4.78, 5) is 14.4. The number of carbonyl (C=O) groups is 1. The van der Waals surface area contributed by atoms with Crippen molar-refractivity contribution in [2.24, 2.45) is 0 Å². The molecule has 1 N–H and O–H groups in total. The van der Waals surface area contributed by atoms with Gasteiger partial charge in [0, 0.05) is 38.0 Å². The van der Waals surface area contributed by atoms with Crippen LogP contribution in [0.5, 0.6) is 0 Å². The molecule has 0 aromatic heterocycles. The maximum absolute atomic E-state index is 12.5. The molecule has 1 saturated heterocycles. The van der Waals surface area contributed by atoms with Crippen LogP contribution in [0.3, 0.4) is 0 Å². The van der Waals surface area contributed by atoms with E-state index >= 15 is 0 Å². The zero-order valence-electron chi connectivity index (χ0n) is 12.6. The summed E-state index contributed by atoms with van der Waals surface area (Å²) in [5.41, 5.74) is 2.94. The second-order valence-corrected chi connectivity index (χ2v) is 5.23. The van der Waals surface area contributed by atoms with E-state index in [0.29, 0.717) is 6.10 Å². The molecule has 0 radical (unpaired) electrons. The Morgan fingerprint density at radius 2 is 2.10 bits per heavy atom. The maximum Gasteiger partial charge on any atom is 0.253 e. The third-order valence-corrected chi connectivity index (χ3v) is 3.87. The molecule has 1 heterocycles. The molecule has 4 heteroatoms. The number of nitrogens with zero attached hydrogens (tertiary/aromatic N) is 1. The number of aryl methyl sites for hydroxylation is 1. The van der Waals surface area contributed by atoms with E-state index < -0.39 is 0 Å². The van der Waals surface area contributed by atoms with Crippen LogP contribution >= 0.6 is 0 Å². The quantitative estimate of drug-likeness (QED) is 0.919. The minimum Gasteiger partial charge on any atom is -0.388 e. The average molecular weight is 276 g/mol. The number of piperidine rings is 1. The maximum atomic E-state index is 12.5. The molecule has 1 aromatic carbocycles. The van der Waals surface area contributed by atoms with Crippen molar-refractivity contribution in [3.63, 3.8) is 0 Å². The average Bonchev–Trinajstić information content (AvgIpc) is 2.47. The predicted molar refractivity (Wildman–Crippen MR) is 81.3 cm³/mol. The Morgan fingerprint density at radius 1 is 1.40 bits per heavy atom. The fourth-order valence-electron chi connectivity index (χ4n) is 2.72. The number of hydrogen-bond acceptors (Lipinski definition) is 3. The number of ether oxygens (including phenoxy) is 1. The van der Waals surface area contributed by atoms with Crippen molar-refractivity contribution in [3.8, 4) is 0 Å². The first-order chi connectivity index (χ1) is 9.65. The summed E-state index contributed by atoms with van der Waals surface area (Å²) in [6.45, 7) is 6.36. The monoisotopic (exact) mass is 276 g/mol. The van der Waals surface area contributed by atoms with Crippen LogP contribution in [0, 0.1) is 6.92 Å². The summed E-state index contributed by atoms with van der Waals surface area (Å²) in [7, 11) is 1.89. The number of amides is 1. The Balaban J connectivity index is 2.00. The van der Waals surface area contributed by atoms with Gasteiger partial charge in [0.1, 0.15) is 0 Å². The van der Waals surface area contributed by atoms with Crippen molar-refractivity contribution < 1.29 is 9.53 Å². The molecule has 0 aliphatic carbocycles. The smallest absolute Gasteiger partial charge is 0.253 e. The van der Waals surface area contributed by atoms with Crippen molar-refractivity contribution in [3.05, 3.63) is 29.3 Å². The zero-order valence-corrected chi connectivity index (χ0v) is 12.6. The van der Waals surface area contributed by atoms with Gasteiger partial charge >= 0.3 is 0 Å². The molecule has 110 valence electrons. The molecule has 20 heavy (non-hydrogen) atoms. The molecule has 1 aromatic rings. The predicted octanol–water partition coefficient (Wildman–Crippen LogP) is 2.68. The topological polar surface area (TPSA) is 41.6 Å². The first kappa shape index (κ1) is 14.9. The van der Waals surface area contributed by atoms with Gasteiger partial charge < -0.3 is 15.0 Å². The molecule has 2 rings (SSSR count). The molecule has 1 fully saturated rings. The van der Waals surface area contributed by atoms with Gasteiger partial charge in [0.2, 0.25) is 0 Å². The first-order valence-corrected chi connectivity index (χ1v) is 7.35. The van der Waals surface area contributed by atoms with Gasteiger partial charge in [-0.05, 0) is 50.5 Å². The summed E-state index contributed by atoms with van der Waals surface area (Å²) in [5, 5.41) is 3.12. The van der Waals surface area contributed by atoms with Crippen LogP contribution < -0.4 is 5.32 Å². The highest BCUT2D eigenvalue weighted by Gasteiger charge is 2.23. The molecule has 0 spiro atoms. The molecule has 4 nitrogen and oxygen atoms in total. The summed E-state index contributed by atoms with van der Waals surface area (Å²) >= 11 is 0. The molecular formula is C16H24N2O2. The fourth-order valence-corrected chi connectivity index (χ4v) is 2.72. The van der Waals surface area contributed by atoms with Gasteiger partial charge in [-0.2, -0.15) is 0 Å². The standard InChI is InChI=1S/C16H24N2O2/c1-4-20-14-7-9-18(10-8-14)16(19)13-5-6-15(17-3)12(2)11-13/h5-6,11,14,17H,4,7-10H2,1-3H3. The molecule has 0 bridgehead atoms. The minimum atomic E-state index is 0.130. The number of nitrogens with one attached hydrogen (secondary N) is 1. The molecular weight excluding hydrogens is 252 g/mol. The molecule has 1 aliphatic heterocycles. The third kappa shape index (κ3) is 3.31. The lowest BCUT2D eigenvalue weighted by Gasteiger charge is -2.32. The number of likely N-dealkylation sites (tertiary alicyclic amines) is 1. The normalized spacial score (nSPS) is 16.2. The van der Waals surface area contributed by atoms with E-state index in [1.807, 2.05) is 44.0 Å². The van der Waals surface area contributed by atoms with Crippen LogP contribution in [0.4, 0.5) is 5.69 Å². The van der Waals surface area contributed by atoms with Crippen LogP contribution in [0.2, 0.25) is 0 Å². The first-order valence-electron chi connectivity index (χ1n) is 7.35. The Bertz CT molecular complexity index is 466. The van der Waals surface area contributed by atoms with Gasteiger partial charge in [-0.25, -0.2) is 0 Å². The van der Waals surface area contributed by atoms with Crippen LogP contribution in [0.15, 0.2) is 18.2 Å². The van der Waals surface area contributed by atoms with Crippen molar-refractivity contribution in [1.82, 2.24) is 4.90 Å². The van der Waals surface area contributed by atoms with Crippen molar-refractivity contribution in [2.75, 3.05) is 32.1 Å². The number of anilines is 1. The van der Waals surface area contributed by atoms with Crippen molar-refractivity contribution in [1.29, 1.82) is 0 Å². The fraction of sp³-hybridized carbons (Fsp3) is 0.562. The van der Waals surface area contributed by atoms with E-state index in [2.05, 4.69) is 5.32 Å². The highest BCUT2D eigenvalue weighted by Crippen LogP contribution is 2.20. The Hall–Kier alpha value is -1.55. The second-order valence-electron chi connectivity index (χ2n) is 5.23. The van der Waals surface area contributed by atoms with E-state index in [9.17, 15) is 4.79 Å². The number of hydrogen-bond donors (Lipinski definition) is 1. The van der Waals surface area contributed by atoms with Crippen LogP contribution in [-0.4, -0.2) is 43.7 Å². The summed E-state index contributed by atoms with van der Waals surface area (Å²) in [6, 6.07) is 5.83. The van der Waals surface area contributed by atoms with Crippen molar-refractivity contribution in [2.45, 2.75) is 32.8 Å². The van der Waals surface area contributed by atoms with E-state index in [0.717, 1.165) is 49.4 Å². The zero-order chi connectivity index (χ0) is 14.5. The Kier molecular flexibility index (Phi) is 5.01. The number of benzene rings is 1. The summed E-state index contributed by atoms with van der Waals surface area (Å²) in [6.07, 6.45) is 2.19. The highest BCUT2D eigenvalue weighted by atomic mass is 16.5. The van der Waals surface area contributed by atoms with Crippen LogP contribution in [0.25, 0.3) is 0 Å². The van der Waals surface area contributed by atoms with Gasteiger partial charge in [-0.3, -0.25) is 4.79 Å². The van der Waals surface area contributed by atoms with E-state index in [1.54, 1.807) is 0 Å². The van der Waals surface area contributed by atoms with Gasteiger partial charge in [0.25, 0.3) is 5.91 Å². The van der Waals surface area contributed by atoms with Crippen molar-refractivity contribution >= 4 is 11.6 Å². The number of carbonyl (C=O) groups excluding carboxylic acids is 1. The summed E-state index contributed by atoms with van der Waals surface area (Å²) < 4.78 is 5.62.